The maximum atomic E-state index is 13.8. The van der Waals surface area contributed by atoms with Crippen LogP contribution < -0.4 is 5.73 Å². The monoisotopic (exact) mass is 411 g/mol. The third kappa shape index (κ3) is 2.58. The fourth-order valence-corrected chi connectivity index (χ4v) is 3.18. The number of rotatable bonds is 2. The molecule has 3 rings (SSSR count). The summed E-state index contributed by atoms with van der Waals surface area (Å²) in [6, 6.07) is 11.0. The van der Waals surface area contributed by atoms with Crippen molar-refractivity contribution in [3.8, 4) is 0 Å². The van der Waals surface area contributed by atoms with Gasteiger partial charge in [0.05, 0.1) is 21.5 Å². The maximum Gasteiger partial charge on any atom is 0.201 e. The van der Waals surface area contributed by atoms with Crippen LogP contribution in [0.5, 0.6) is 0 Å². The number of nitrogens with two attached hydrogens (primary N) is 1. The molecule has 0 saturated carbocycles. The van der Waals surface area contributed by atoms with Crippen LogP contribution in [0.3, 0.4) is 0 Å². The lowest BCUT2D eigenvalue weighted by atomic mass is 10.1. The molecule has 0 fully saturated rings. The van der Waals surface area contributed by atoms with Crippen molar-refractivity contribution < 1.29 is 4.39 Å². The Balaban J connectivity index is 2.19. The molecule has 0 radical (unpaired) electrons. The Bertz CT molecular complexity index is 829. The van der Waals surface area contributed by atoms with Crippen molar-refractivity contribution in [2.45, 2.75) is 13.0 Å². The standard InChI is InChI=1S/C15H12Br2FN3/c1-8(9-3-2-4-10(16)5-9)21-14-7-12(18)11(17)6-13(14)20-15(21)19/h2-8H,1H3,(H2,19,20). The maximum absolute atomic E-state index is 13.8. The molecule has 0 bridgehead atoms. The summed E-state index contributed by atoms with van der Waals surface area (Å²) < 4.78 is 17.0. The van der Waals surface area contributed by atoms with E-state index in [0.29, 0.717) is 21.5 Å². The number of imidazole rings is 1. The molecule has 0 aliphatic carbocycles. The predicted octanol–water partition coefficient (Wildman–Crippen LogP) is 4.89. The Morgan fingerprint density at radius 2 is 2.00 bits per heavy atom. The number of halogens is 3. The Morgan fingerprint density at radius 1 is 1.24 bits per heavy atom. The minimum absolute atomic E-state index is 0.0481. The quantitative estimate of drug-likeness (QED) is 0.650. The first-order chi connectivity index (χ1) is 9.97. The summed E-state index contributed by atoms with van der Waals surface area (Å²) in [6.07, 6.45) is 0. The number of anilines is 1. The third-order valence-electron chi connectivity index (χ3n) is 3.48. The second-order valence-electron chi connectivity index (χ2n) is 4.83. The van der Waals surface area contributed by atoms with Gasteiger partial charge < -0.3 is 10.3 Å². The zero-order valence-electron chi connectivity index (χ0n) is 11.1. The number of nitrogens with zero attached hydrogens (tertiary/aromatic N) is 2. The van der Waals surface area contributed by atoms with Crippen LogP contribution in [-0.4, -0.2) is 9.55 Å². The van der Waals surface area contributed by atoms with Gasteiger partial charge in [0.25, 0.3) is 0 Å². The highest BCUT2D eigenvalue weighted by molar-refractivity contribution is 9.10. The molecule has 0 saturated heterocycles. The van der Waals surface area contributed by atoms with Crippen molar-refractivity contribution >= 4 is 48.8 Å². The van der Waals surface area contributed by atoms with Gasteiger partial charge in [0.2, 0.25) is 5.95 Å². The van der Waals surface area contributed by atoms with Crippen LogP contribution in [0.15, 0.2) is 45.3 Å². The minimum atomic E-state index is -0.329. The smallest absolute Gasteiger partial charge is 0.201 e. The number of hydrogen-bond donors (Lipinski definition) is 1. The Kier molecular flexibility index (Phi) is 3.75. The summed E-state index contributed by atoms with van der Waals surface area (Å²) in [5, 5.41) is 0. The van der Waals surface area contributed by atoms with E-state index in [2.05, 4.69) is 36.8 Å². The first kappa shape index (κ1) is 14.5. The van der Waals surface area contributed by atoms with Crippen molar-refractivity contribution in [1.82, 2.24) is 9.55 Å². The summed E-state index contributed by atoms with van der Waals surface area (Å²) in [5.41, 5.74) is 8.45. The summed E-state index contributed by atoms with van der Waals surface area (Å²) in [6.45, 7) is 2.01. The molecular weight excluding hydrogens is 401 g/mol. The molecule has 1 heterocycles. The second kappa shape index (κ2) is 5.42. The fraction of sp³-hybridized carbons (Fsp3) is 0.133. The van der Waals surface area contributed by atoms with Crippen LogP contribution in [0, 0.1) is 5.82 Å². The molecule has 1 unspecified atom stereocenters. The lowest BCUT2D eigenvalue weighted by Gasteiger charge is -2.17. The van der Waals surface area contributed by atoms with Crippen molar-refractivity contribution in [3.05, 3.63) is 56.7 Å². The lowest BCUT2D eigenvalue weighted by molar-refractivity contribution is 0.619. The van der Waals surface area contributed by atoms with Crippen LogP contribution >= 0.6 is 31.9 Å². The van der Waals surface area contributed by atoms with Crippen LogP contribution in [0.4, 0.5) is 10.3 Å². The fourth-order valence-electron chi connectivity index (χ4n) is 2.43. The SMILES string of the molecule is CC(c1cccc(Br)c1)n1c(N)nc2cc(Br)c(F)cc21. The van der Waals surface area contributed by atoms with E-state index in [1.54, 1.807) is 6.07 Å². The van der Waals surface area contributed by atoms with E-state index in [1.807, 2.05) is 35.8 Å². The molecule has 21 heavy (non-hydrogen) atoms. The van der Waals surface area contributed by atoms with E-state index < -0.39 is 0 Å². The van der Waals surface area contributed by atoms with E-state index in [4.69, 9.17) is 5.73 Å². The molecule has 1 aromatic heterocycles. The van der Waals surface area contributed by atoms with Crippen LogP contribution in [0.2, 0.25) is 0 Å². The van der Waals surface area contributed by atoms with Gasteiger partial charge in [-0.3, -0.25) is 0 Å². The number of nitrogen functional groups attached to an aromatic ring is 1. The minimum Gasteiger partial charge on any atom is -0.369 e. The Labute approximate surface area is 138 Å². The predicted molar refractivity (Wildman–Crippen MR) is 89.8 cm³/mol. The zero-order chi connectivity index (χ0) is 15.1. The van der Waals surface area contributed by atoms with Gasteiger partial charge in [-0.2, -0.15) is 0 Å². The molecule has 0 amide bonds. The first-order valence-corrected chi connectivity index (χ1v) is 7.94. The van der Waals surface area contributed by atoms with Gasteiger partial charge >= 0.3 is 0 Å². The number of benzene rings is 2. The number of aromatic nitrogens is 2. The Morgan fingerprint density at radius 3 is 2.71 bits per heavy atom. The van der Waals surface area contributed by atoms with Gasteiger partial charge in [-0.05, 0) is 46.6 Å². The molecule has 0 spiro atoms. The average molecular weight is 413 g/mol. The summed E-state index contributed by atoms with van der Waals surface area (Å²) in [5.74, 6) is 0.0417. The molecule has 6 heteroatoms. The van der Waals surface area contributed by atoms with E-state index >= 15 is 0 Å². The zero-order valence-corrected chi connectivity index (χ0v) is 14.3. The molecule has 0 aliphatic rings. The van der Waals surface area contributed by atoms with Gasteiger partial charge in [0.15, 0.2) is 0 Å². The van der Waals surface area contributed by atoms with Crippen LogP contribution in [0.1, 0.15) is 18.5 Å². The normalized spacial score (nSPS) is 12.8. The highest BCUT2D eigenvalue weighted by Gasteiger charge is 2.17. The first-order valence-electron chi connectivity index (χ1n) is 6.35. The molecule has 3 nitrogen and oxygen atoms in total. The highest BCUT2D eigenvalue weighted by Crippen LogP contribution is 2.31. The van der Waals surface area contributed by atoms with E-state index in [0.717, 1.165) is 10.0 Å². The largest absolute Gasteiger partial charge is 0.369 e. The average Bonchev–Trinajstić information content (AvgIpc) is 2.74. The van der Waals surface area contributed by atoms with Crippen molar-refractivity contribution in [1.29, 1.82) is 0 Å². The number of fused-ring (bicyclic) bond motifs is 1. The van der Waals surface area contributed by atoms with E-state index in [1.165, 1.54) is 6.07 Å². The van der Waals surface area contributed by atoms with E-state index in [-0.39, 0.29) is 11.9 Å². The van der Waals surface area contributed by atoms with Gasteiger partial charge in [0, 0.05) is 10.5 Å². The third-order valence-corrected chi connectivity index (χ3v) is 4.58. The second-order valence-corrected chi connectivity index (χ2v) is 6.60. The summed E-state index contributed by atoms with van der Waals surface area (Å²) >= 11 is 6.63. The van der Waals surface area contributed by atoms with Gasteiger partial charge in [-0.1, -0.05) is 28.1 Å². The summed E-state index contributed by atoms with van der Waals surface area (Å²) in [7, 11) is 0. The molecule has 1 atom stereocenters. The Hall–Kier alpha value is -1.40. The van der Waals surface area contributed by atoms with Gasteiger partial charge in [0.1, 0.15) is 5.82 Å². The molecule has 3 aromatic rings. The van der Waals surface area contributed by atoms with Crippen LogP contribution in [-0.2, 0) is 0 Å². The van der Waals surface area contributed by atoms with Crippen molar-refractivity contribution in [3.63, 3.8) is 0 Å². The topological polar surface area (TPSA) is 43.8 Å². The number of hydrogen-bond acceptors (Lipinski definition) is 2. The molecule has 2 aromatic carbocycles. The highest BCUT2D eigenvalue weighted by atomic mass is 79.9. The van der Waals surface area contributed by atoms with E-state index in [9.17, 15) is 4.39 Å². The lowest BCUT2D eigenvalue weighted by Crippen LogP contribution is -2.10. The van der Waals surface area contributed by atoms with Crippen LogP contribution in [0.25, 0.3) is 11.0 Å². The van der Waals surface area contributed by atoms with Crippen molar-refractivity contribution in [2.24, 2.45) is 0 Å². The van der Waals surface area contributed by atoms with Gasteiger partial charge in [-0.15, -0.1) is 0 Å². The molecule has 0 aliphatic heterocycles. The molecule has 108 valence electrons. The van der Waals surface area contributed by atoms with Crippen molar-refractivity contribution in [2.75, 3.05) is 5.73 Å². The molecular formula is C15H12Br2FN3. The van der Waals surface area contributed by atoms with Gasteiger partial charge in [-0.25, -0.2) is 9.37 Å². The summed E-state index contributed by atoms with van der Waals surface area (Å²) in [4.78, 5) is 4.32. The molecule has 2 N–H and O–H groups in total.